The van der Waals surface area contributed by atoms with Crippen LogP contribution >= 0.6 is 12.4 Å². The highest BCUT2D eigenvalue weighted by Crippen LogP contribution is 2.18. The van der Waals surface area contributed by atoms with Crippen LogP contribution < -0.4 is 15.4 Å². The number of ether oxygens (including phenoxy) is 2. The Morgan fingerprint density at radius 2 is 2.14 bits per heavy atom. The Labute approximate surface area is 138 Å². The molecule has 1 aromatic rings. The molecule has 1 unspecified atom stereocenters. The SMILES string of the molecule is CCC(C)Oc1ccc(NC(=O)[C@H]2NCCO[C@@H]2C)cc1.Cl. The lowest BCUT2D eigenvalue weighted by molar-refractivity contribution is -0.123. The molecule has 1 heterocycles. The smallest absolute Gasteiger partial charge is 0.244 e. The monoisotopic (exact) mass is 328 g/mol. The lowest BCUT2D eigenvalue weighted by Gasteiger charge is -2.29. The summed E-state index contributed by atoms with van der Waals surface area (Å²) >= 11 is 0. The molecule has 2 rings (SSSR count). The van der Waals surface area contributed by atoms with Crippen molar-refractivity contribution in [2.24, 2.45) is 0 Å². The number of carbonyl (C=O) groups is 1. The van der Waals surface area contributed by atoms with E-state index < -0.39 is 0 Å². The highest BCUT2D eigenvalue weighted by molar-refractivity contribution is 5.95. The van der Waals surface area contributed by atoms with Gasteiger partial charge in [0.15, 0.2) is 0 Å². The van der Waals surface area contributed by atoms with E-state index in [-0.39, 0.29) is 36.6 Å². The average Bonchev–Trinajstić information content (AvgIpc) is 2.49. The van der Waals surface area contributed by atoms with E-state index in [1.165, 1.54) is 0 Å². The van der Waals surface area contributed by atoms with E-state index in [0.29, 0.717) is 13.2 Å². The maximum atomic E-state index is 12.2. The number of morpholine rings is 1. The van der Waals surface area contributed by atoms with Crippen LogP contribution in [0, 0.1) is 0 Å². The molecule has 0 spiro atoms. The number of hydrogen-bond donors (Lipinski definition) is 2. The number of carbonyl (C=O) groups excluding carboxylic acids is 1. The fourth-order valence-corrected chi connectivity index (χ4v) is 2.18. The summed E-state index contributed by atoms with van der Waals surface area (Å²) < 4.78 is 11.2. The van der Waals surface area contributed by atoms with E-state index in [4.69, 9.17) is 9.47 Å². The first-order valence-corrected chi connectivity index (χ1v) is 7.52. The molecule has 1 aliphatic rings. The van der Waals surface area contributed by atoms with Crippen molar-refractivity contribution in [1.29, 1.82) is 0 Å². The van der Waals surface area contributed by atoms with E-state index in [9.17, 15) is 4.79 Å². The summed E-state index contributed by atoms with van der Waals surface area (Å²) in [6, 6.07) is 7.13. The van der Waals surface area contributed by atoms with E-state index in [1.807, 2.05) is 38.1 Å². The van der Waals surface area contributed by atoms with E-state index >= 15 is 0 Å². The average molecular weight is 329 g/mol. The van der Waals surface area contributed by atoms with Gasteiger partial charge in [-0.25, -0.2) is 0 Å². The number of nitrogens with one attached hydrogen (secondary N) is 2. The van der Waals surface area contributed by atoms with Gasteiger partial charge in [0.2, 0.25) is 5.91 Å². The molecule has 3 atom stereocenters. The fourth-order valence-electron chi connectivity index (χ4n) is 2.18. The second-order valence-electron chi connectivity index (χ2n) is 5.36. The maximum absolute atomic E-state index is 12.2. The molecule has 1 amide bonds. The molecule has 0 radical (unpaired) electrons. The molecule has 5 nitrogen and oxygen atoms in total. The number of benzene rings is 1. The Bertz CT molecular complexity index is 467. The number of hydrogen-bond acceptors (Lipinski definition) is 4. The van der Waals surface area contributed by atoms with E-state index in [0.717, 1.165) is 17.9 Å². The van der Waals surface area contributed by atoms with Gasteiger partial charge in [0.05, 0.1) is 18.8 Å². The van der Waals surface area contributed by atoms with Crippen LogP contribution in [-0.2, 0) is 9.53 Å². The molecular formula is C16H25ClN2O3. The predicted octanol–water partition coefficient (Wildman–Crippen LogP) is 2.60. The molecule has 1 aliphatic heterocycles. The van der Waals surface area contributed by atoms with Gasteiger partial charge in [-0.15, -0.1) is 12.4 Å². The van der Waals surface area contributed by atoms with Gasteiger partial charge < -0.3 is 20.1 Å². The first-order valence-electron chi connectivity index (χ1n) is 7.52. The summed E-state index contributed by atoms with van der Waals surface area (Å²) in [6.07, 6.45) is 1.03. The molecule has 2 N–H and O–H groups in total. The highest BCUT2D eigenvalue weighted by atomic mass is 35.5. The Kier molecular flexibility index (Phi) is 7.65. The van der Waals surface area contributed by atoms with E-state index in [1.54, 1.807) is 0 Å². The minimum absolute atomic E-state index is 0. The summed E-state index contributed by atoms with van der Waals surface area (Å²) in [6.45, 7) is 7.36. The minimum Gasteiger partial charge on any atom is -0.491 e. The maximum Gasteiger partial charge on any atom is 0.244 e. The van der Waals surface area contributed by atoms with Gasteiger partial charge in [0, 0.05) is 12.2 Å². The molecule has 0 aromatic heterocycles. The highest BCUT2D eigenvalue weighted by Gasteiger charge is 2.28. The number of anilines is 1. The topological polar surface area (TPSA) is 59.6 Å². The summed E-state index contributed by atoms with van der Waals surface area (Å²) in [5.41, 5.74) is 0.760. The third-order valence-electron chi connectivity index (χ3n) is 3.63. The second kappa shape index (κ2) is 8.98. The van der Waals surface area contributed by atoms with Gasteiger partial charge in [0.25, 0.3) is 0 Å². The summed E-state index contributed by atoms with van der Waals surface area (Å²) in [5, 5.41) is 6.07. The first-order chi connectivity index (χ1) is 10.1. The Morgan fingerprint density at radius 3 is 2.73 bits per heavy atom. The number of halogens is 1. The van der Waals surface area contributed by atoms with Crippen molar-refractivity contribution in [1.82, 2.24) is 5.32 Å². The van der Waals surface area contributed by atoms with Gasteiger partial charge in [-0.1, -0.05) is 6.92 Å². The molecule has 22 heavy (non-hydrogen) atoms. The van der Waals surface area contributed by atoms with Crippen molar-refractivity contribution in [2.45, 2.75) is 45.4 Å². The van der Waals surface area contributed by atoms with Crippen LogP contribution in [0.1, 0.15) is 27.2 Å². The lowest BCUT2D eigenvalue weighted by atomic mass is 10.1. The molecule has 0 saturated carbocycles. The van der Waals surface area contributed by atoms with Crippen molar-refractivity contribution in [3.8, 4) is 5.75 Å². The van der Waals surface area contributed by atoms with Gasteiger partial charge in [-0.05, 0) is 44.5 Å². The van der Waals surface area contributed by atoms with Crippen molar-refractivity contribution < 1.29 is 14.3 Å². The Morgan fingerprint density at radius 1 is 1.45 bits per heavy atom. The number of amides is 1. The first kappa shape index (κ1) is 18.7. The normalized spacial score (nSPS) is 22.3. The number of rotatable bonds is 5. The van der Waals surface area contributed by atoms with Gasteiger partial charge in [0.1, 0.15) is 11.8 Å². The van der Waals surface area contributed by atoms with Crippen LogP contribution in [0.2, 0.25) is 0 Å². The van der Waals surface area contributed by atoms with Crippen LogP contribution in [-0.4, -0.2) is 37.3 Å². The molecule has 124 valence electrons. The minimum atomic E-state index is -0.310. The second-order valence-corrected chi connectivity index (χ2v) is 5.36. The summed E-state index contributed by atoms with van der Waals surface area (Å²) in [7, 11) is 0. The third kappa shape index (κ3) is 5.16. The van der Waals surface area contributed by atoms with Gasteiger partial charge in [-0.3, -0.25) is 4.79 Å². The van der Waals surface area contributed by atoms with Crippen molar-refractivity contribution in [3.05, 3.63) is 24.3 Å². The molecule has 0 aliphatic carbocycles. The predicted molar refractivity (Wildman–Crippen MR) is 89.9 cm³/mol. The van der Waals surface area contributed by atoms with Crippen LogP contribution in [0.3, 0.4) is 0 Å². The standard InChI is InChI=1S/C16H24N2O3.ClH/c1-4-11(2)21-14-7-5-13(6-8-14)18-16(19)15-12(3)20-10-9-17-15;/h5-8,11-12,15,17H,4,9-10H2,1-3H3,(H,18,19);1H/t11?,12-,15+;/m1./s1. The zero-order valence-electron chi connectivity index (χ0n) is 13.3. The van der Waals surface area contributed by atoms with E-state index in [2.05, 4.69) is 17.6 Å². The van der Waals surface area contributed by atoms with Crippen LogP contribution in [0.15, 0.2) is 24.3 Å². The zero-order chi connectivity index (χ0) is 15.2. The van der Waals surface area contributed by atoms with Gasteiger partial charge in [-0.2, -0.15) is 0 Å². The van der Waals surface area contributed by atoms with Crippen LogP contribution in [0.4, 0.5) is 5.69 Å². The fraction of sp³-hybridized carbons (Fsp3) is 0.562. The Balaban J connectivity index is 0.00000242. The molecule has 1 fully saturated rings. The van der Waals surface area contributed by atoms with Gasteiger partial charge >= 0.3 is 0 Å². The molecule has 6 heteroatoms. The molecule has 1 saturated heterocycles. The van der Waals surface area contributed by atoms with Crippen molar-refractivity contribution in [3.63, 3.8) is 0 Å². The molecule has 0 bridgehead atoms. The zero-order valence-corrected chi connectivity index (χ0v) is 14.1. The largest absolute Gasteiger partial charge is 0.491 e. The summed E-state index contributed by atoms with van der Waals surface area (Å²) in [5.74, 6) is 0.743. The third-order valence-corrected chi connectivity index (χ3v) is 3.63. The van der Waals surface area contributed by atoms with Crippen molar-refractivity contribution >= 4 is 24.0 Å². The van der Waals surface area contributed by atoms with Crippen molar-refractivity contribution in [2.75, 3.05) is 18.5 Å². The summed E-state index contributed by atoms with van der Waals surface area (Å²) in [4.78, 5) is 12.2. The molecule has 1 aromatic carbocycles. The quantitative estimate of drug-likeness (QED) is 0.872. The lowest BCUT2D eigenvalue weighted by Crippen LogP contribution is -2.53. The molecular weight excluding hydrogens is 304 g/mol. The van der Waals surface area contributed by atoms with Crippen LogP contribution in [0.5, 0.6) is 5.75 Å². The van der Waals surface area contributed by atoms with Crippen LogP contribution in [0.25, 0.3) is 0 Å². The Hall–Kier alpha value is -1.30.